The van der Waals surface area contributed by atoms with Gasteiger partial charge < -0.3 is 20.4 Å². The van der Waals surface area contributed by atoms with Crippen molar-refractivity contribution in [3.8, 4) is 5.75 Å². The molecule has 1 aromatic rings. The van der Waals surface area contributed by atoms with Crippen LogP contribution in [0.25, 0.3) is 0 Å². The molecule has 1 unspecified atom stereocenters. The molecule has 6 N–H and O–H groups in total. The fourth-order valence-electron chi connectivity index (χ4n) is 1.86. The summed E-state index contributed by atoms with van der Waals surface area (Å²) in [6.07, 6.45) is 2.55. The van der Waals surface area contributed by atoms with Gasteiger partial charge in [0.05, 0.1) is 10.5 Å². The van der Waals surface area contributed by atoms with Crippen molar-refractivity contribution >= 4 is 32.2 Å². The van der Waals surface area contributed by atoms with Crippen molar-refractivity contribution in [1.29, 1.82) is 0 Å². The number of aliphatic hydroxyl groups is 1. The molecule has 0 heterocycles. The molecule has 0 spiro atoms. The van der Waals surface area contributed by atoms with Gasteiger partial charge in [0.2, 0.25) is 4.93 Å². The lowest BCUT2D eigenvalue weighted by atomic mass is 10.0. The summed E-state index contributed by atoms with van der Waals surface area (Å²) in [5.41, 5.74) is -0.962. The van der Waals surface area contributed by atoms with Crippen molar-refractivity contribution in [3.05, 3.63) is 47.6 Å². The van der Waals surface area contributed by atoms with Crippen molar-refractivity contribution in [2.45, 2.75) is 16.2 Å². The average molecular weight is 438 g/mol. The van der Waals surface area contributed by atoms with Crippen LogP contribution < -0.4 is 0 Å². The maximum atomic E-state index is 10.7. The van der Waals surface area contributed by atoms with Gasteiger partial charge in [-0.2, -0.15) is 16.8 Å². The second-order valence-corrected chi connectivity index (χ2v) is 8.37. The van der Waals surface area contributed by atoms with E-state index in [1.165, 1.54) is 0 Å². The topological polar surface area (TPSA) is 224 Å². The number of aromatic carboxylic acids is 1. The van der Waals surface area contributed by atoms with E-state index < -0.39 is 53.3 Å². The summed E-state index contributed by atoms with van der Waals surface area (Å²) in [5, 5.41) is 35.5. The summed E-state index contributed by atoms with van der Waals surface area (Å²) in [4.78, 5) is 17.8. The van der Waals surface area contributed by atoms with Gasteiger partial charge in [-0.15, -0.1) is 0 Å². The molecule has 154 valence electrons. The second kappa shape index (κ2) is 8.07. The fraction of sp³-hybridized carbons (Fsp3) is 0.143. The Morgan fingerprint density at radius 1 is 1.00 bits per heavy atom. The van der Waals surface area contributed by atoms with Crippen LogP contribution in [0.15, 0.2) is 46.9 Å². The summed E-state index contributed by atoms with van der Waals surface area (Å²) in [6, 6.07) is 2.46. The number of carboxylic acids is 2. The second-order valence-electron chi connectivity index (χ2n) is 5.29. The summed E-state index contributed by atoms with van der Waals surface area (Å²) < 4.78 is 59.9. The van der Waals surface area contributed by atoms with Crippen LogP contribution in [0.5, 0.6) is 5.75 Å². The Balaban J connectivity index is 0.000000280. The maximum Gasteiger partial charge on any atom is 0.339 e. The highest BCUT2D eigenvalue weighted by Crippen LogP contribution is 2.26. The SMILES string of the molecule is O=C(O)C1=CC(O)(S(=O)(=O)O)CC=C1.O=C(O)c1cc(S(=O)(=O)O)ccc1O. The third kappa shape index (κ3) is 5.61. The van der Waals surface area contributed by atoms with E-state index in [0.29, 0.717) is 12.1 Å². The third-order valence-corrected chi connectivity index (χ3v) is 5.31. The number of carboxylic acid groups (broad SMARTS) is 2. The number of aliphatic carboxylic acids is 1. The first-order chi connectivity index (χ1) is 12.6. The molecular formula is C14H14O12S2. The molecule has 0 saturated carbocycles. The Labute approximate surface area is 158 Å². The van der Waals surface area contributed by atoms with Gasteiger partial charge in [0.1, 0.15) is 11.3 Å². The smallest absolute Gasteiger partial charge is 0.339 e. The van der Waals surface area contributed by atoms with Crippen molar-refractivity contribution < 1.29 is 56.0 Å². The Kier molecular flexibility index (Phi) is 6.71. The van der Waals surface area contributed by atoms with Crippen molar-refractivity contribution in [2.75, 3.05) is 0 Å². The lowest BCUT2D eigenvalue weighted by molar-refractivity contribution is -0.132. The van der Waals surface area contributed by atoms with Crippen LogP contribution in [-0.4, -0.2) is 63.2 Å². The minimum absolute atomic E-state index is 0.372. The molecule has 1 atom stereocenters. The predicted octanol–water partition coefficient (Wildman–Crippen LogP) is -0.129. The minimum atomic E-state index is -4.73. The molecule has 0 amide bonds. The predicted molar refractivity (Wildman–Crippen MR) is 90.9 cm³/mol. The number of hydrogen-bond acceptors (Lipinski definition) is 8. The standard InChI is InChI=1S/C7H6O6S.C7H8O6S/c8-6-2-1-4(14(11,12)13)3-5(6)7(9)10;8-6(9)5-2-1-3-7(10,4-5)14(11,12)13/h1-3,8H,(H,9,10)(H,11,12,13);1-2,4,10H,3H2,(H,8,9)(H,11,12,13). The number of phenols is 1. The first-order valence-corrected chi connectivity index (χ1v) is 9.82. The van der Waals surface area contributed by atoms with E-state index in [-0.39, 0.29) is 12.0 Å². The van der Waals surface area contributed by atoms with Crippen LogP contribution in [0.1, 0.15) is 16.8 Å². The Morgan fingerprint density at radius 2 is 1.57 bits per heavy atom. The van der Waals surface area contributed by atoms with Gasteiger partial charge in [-0.25, -0.2) is 9.59 Å². The largest absolute Gasteiger partial charge is 0.507 e. The zero-order valence-corrected chi connectivity index (χ0v) is 15.3. The van der Waals surface area contributed by atoms with Gasteiger partial charge in [-0.05, 0) is 24.3 Å². The van der Waals surface area contributed by atoms with Gasteiger partial charge in [-0.1, -0.05) is 12.2 Å². The number of rotatable bonds is 4. The van der Waals surface area contributed by atoms with E-state index in [1.807, 2.05) is 0 Å². The fourth-order valence-corrected chi connectivity index (χ4v) is 2.95. The Bertz CT molecular complexity index is 1070. The lowest BCUT2D eigenvalue weighted by Crippen LogP contribution is -2.37. The van der Waals surface area contributed by atoms with E-state index >= 15 is 0 Å². The molecule has 2 rings (SSSR count). The number of benzene rings is 1. The zero-order chi connectivity index (χ0) is 21.9. The molecule has 0 aromatic heterocycles. The molecular weight excluding hydrogens is 424 g/mol. The number of hydrogen-bond donors (Lipinski definition) is 6. The molecule has 28 heavy (non-hydrogen) atoms. The van der Waals surface area contributed by atoms with E-state index in [9.17, 15) is 31.5 Å². The lowest BCUT2D eigenvalue weighted by Gasteiger charge is -2.22. The molecule has 0 bridgehead atoms. The molecule has 0 fully saturated rings. The normalized spacial score (nSPS) is 19.2. The quantitative estimate of drug-likeness (QED) is 0.338. The van der Waals surface area contributed by atoms with Crippen LogP contribution in [0.4, 0.5) is 0 Å². The van der Waals surface area contributed by atoms with Crippen LogP contribution in [-0.2, 0) is 25.0 Å². The molecule has 14 heteroatoms. The highest BCUT2D eigenvalue weighted by molar-refractivity contribution is 7.87. The van der Waals surface area contributed by atoms with Crippen molar-refractivity contribution in [2.24, 2.45) is 0 Å². The number of carbonyl (C=O) groups is 2. The van der Waals surface area contributed by atoms with Gasteiger partial charge >= 0.3 is 11.9 Å². The minimum Gasteiger partial charge on any atom is -0.507 e. The first-order valence-electron chi connectivity index (χ1n) is 6.94. The molecule has 12 nitrogen and oxygen atoms in total. The van der Waals surface area contributed by atoms with Gasteiger partial charge in [0.25, 0.3) is 20.2 Å². The molecule has 1 aliphatic carbocycles. The van der Waals surface area contributed by atoms with Crippen molar-refractivity contribution in [1.82, 2.24) is 0 Å². The summed E-state index contributed by atoms with van der Waals surface area (Å²) in [7, 11) is -9.18. The van der Waals surface area contributed by atoms with Gasteiger partial charge in [0.15, 0.2) is 0 Å². The molecule has 0 aliphatic heterocycles. The zero-order valence-electron chi connectivity index (χ0n) is 13.6. The molecule has 0 saturated heterocycles. The van der Waals surface area contributed by atoms with Gasteiger partial charge in [0, 0.05) is 6.42 Å². The molecule has 0 radical (unpaired) electrons. The summed E-state index contributed by atoms with van der Waals surface area (Å²) in [6.45, 7) is 0. The third-order valence-electron chi connectivity index (χ3n) is 3.28. The highest BCUT2D eigenvalue weighted by atomic mass is 32.2. The van der Waals surface area contributed by atoms with Crippen LogP contribution in [0, 0.1) is 0 Å². The summed E-state index contributed by atoms with van der Waals surface area (Å²) in [5.74, 6) is -3.42. The monoisotopic (exact) mass is 438 g/mol. The molecule has 1 aliphatic rings. The number of aromatic hydroxyl groups is 1. The van der Waals surface area contributed by atoms with E-state index in [2.05, 4.69) is 0 Å². The van der Waals surface area contributed by atoms with E-state index in [1.54, 1.807) is 0 Å². The van der Waals surface area contributed by atoms with E-state index in [4.69, 9.17) is 24.4 Å². The first kappa shape index (κ1) is 23.3. The van der Waals surface area contributed by atoms with Crippen LogP contribution in [0.2, 0.25) is 0 Å². The van der Waals surface area contributed by atoms with Gasteiger partial charge in [-0.3, -0.25) is 9.11 Å². The maximum absolute atomic E-state index is 10.7. The van der Waals surface area contributed by atoms with Crippen molar-refractivity contribution in [3.63, 3.8) is 0 Å². The van der Waals surface area contributed by atoms with Crippen LogP contribution in [0.3, 0.4) is 0 Å². The highest BCUT2D eigenvalue weighted by Gasteiger charge is 2.40. The Hall–Kier alpha value is -2.78. The van der Waals surface area contributed by atoms with E-state index in [0.717, 1.165) is 24.3 Å². The molecule has 1 aromatic carbocycles. The Morgan fingerprint density at radius 3 is 2.00 bits per heavy atom. The van der Waals surface area contributed by atoms with Crippen LogP contribution >= 0.6 is 0 Å². The summed E-state index contributed by atoms with van der Waals surface area (Å²) >= 11 is 0. The average Bonchev–Trinajstić information content (AvgIpc) is 2.53.